The zero-order chi connectivity index (χ0) is 15.2. The van der Waals surface area contributed by atoms with Crippen LogP contribution < -0.4 is 4.74 Å². The summed E-state index contributed by atoms with van der Waals surface area (Å²) in [7, 11) is 0. The zero-order valence-corrected chi connectivity index (χ0v) is 12.9. The Kier molecular flexibility index (Phi) is 5.62. The summed E-state index contributed by atoms with van der Waals surface area (Å²) in [6.07, 6.45) is 1.76. The Labute approximate surface area is 126 Å². The Balaban J connectivity index is 1.83. The van der Waals surface area contributed by atoms with Gasteiger partial charge in [-0.2, -0.15) is 0 Å². The van der Waals surface area contributed by atoms with Gasteiger partial charge in [-0.25, -0.2) is 0 Å². The van der Waals surface area contributed by atoms with Crippen molar-refractivity contribution in [2.75, 3.05) is 26.3 Å². The third-order valence-corrected chi connectivity index (χ3v) is 4.06. The minimum Gasteiger partial charge on any atom is -0.484 e. The highest BCUT2D eigenvalue weighted by atomic mass is 16.5. The first-order valence-electron chi connectivity index (χ1n) is 7.71. The van der Waals surface area contributed by atoms with Crippen LogP contribution in [0.5, 0.6) is 5.75 Å². The summed E-state index contributed by atoms with van der Waals surface area (Å²) in [6, 6.07) is 7.91. The van der Waals surface area contributed by atoms with Crippen LogP contribution >= 0.6 is 0 Å². The van der Waals surface area contributed by atoms with E-state index >= 15 is 0 Å². The minimum absolute atomic E-state index is 0.0328. The van der Waals surface area contributed by atoms with E-state index in [0.29, 0.717) is 11.8 Å². The SMILES string of the molecule is CC(C)c1cccc(OCC(=O)N2CCC(CCO)C2)c1. The van der Waals surface area contributed by atoms with E-state index in [1.807, 2.05) is 23.1 Å². The number of ether oxygens (including phenoxy) is 1. The van der Waals surface area contributed by atoms with Gasteiger partial charge < -0.3 is 14.7 Å². The molecule has 0 aliphatic carbocycles. The first kappa shape index (κ1) is 15.8. The van der Waals surface area contributed by atoms with E-state index in [0.717, 1.165) is 31.7 Å². The molecule has 116 valence electrons. The molecule has 21 heavy (non-hydrogen) atoms. The van der Waals surface area contributed by atoms with Gasteiger partial charge in [0.1, 0.15) is 5.75 Å². The number of hydrogen-bond donors (Lipinski definition) is 1. The molecule has 1 heterocycles. The zero-order valence-electron chi connectivity index (χ0n) is 12.9. The molecule has 0 bridgehead atoms. The van der Waals surface area contributed by atoms with Crippen molar-refractivity contribution in [2.24, 2.45) is 5.92 Å². The molecule has 1 atom stereocenters. The maximum absolute atomic E-state index is 12.1. The number of carbonyl (C=O) groups excluding carboxylic acids is 1. The number of aliphatic hydroxyl groups excluding tert-OH is 1. The van der Waals surface area contributed by atoms with Crippen molar-refractivity contribution in [3.8, 4) is 5.75 Å². The normalized spacial score (nSPS) is 18.3. The maximum Gasteiger partial charge on any atom is 0.260 e. The highest BCUT2D eigenvalue weighted by Crippen LogP contribution is 2.21. The molecule has 1 aliphatic rings. The molecule has 1 fully saturated rings. The summed E-state index contributed by atoms with van der Waals surface area (Å²) >= 11 is 0. The molecular formula is C17H25NO3. The molecule has 4 heteroatoms. The van der Waals surface area contributed by atoms with Crippen molar-refractivity contribution in [2.45, 2.75) is 32.6 Å². The second-order valence-corrected chi connectivity index (χ2v) is 6.02. The summed E-state index contributed by atoms with van der Waals surface area (Å²) in [4.78, 5) is 14.0. The van der Waals surface area contributed by atoms with E-state index in [1.54, 1.807) is 0 Å². The monoisotopic (exact) mass is 291 g/mol. The molecule has 0 saturated carbocycles. The van der Waals surface area contributed by atoms with Gasteiger partial charge in [0.25, 0.3) is 5.91 Å². The lowest BCUT2D eigenvalue weighted by molar-refractivity contribution is -0.132. The summed E-state index contributed by atoms with van der Waals surface area (Å²) < 4.78 is 5.63. The minimum atomic E-state index is 0.0328. The van der Waals surface area contributed by atoms with Crippen LogP contribution in [-0.4, -0.2) is 42.2 Å². The molecule has 0 aromatic heterocycles. The smallest absolute Gasteiger partial charge is 0.260 e. The summed E-state index contributed by atoms with van der Waals surface area (Å²) in [5, 5.41) is 8.95. The summed E-state index contributed by atoms with van der Waals surface area (Å²) in [5.41, 5.74) is 1.21. The van der Waals surface area contributed by atoms with Gasteiger partial charge in [-0.05, 0) is 42.4 Å². The molecule has 1 unspecified atom stereocenters. The Bertz CT molecular complexity index is 473. The van der Waals surface area contributed by atoms with E-state index < -0.39 is 0 Å². The van der Waals surface area contributed by atoms with Crippen molar-refractivity contribution in [1.29, 1.82) is 0 Å². The fourth-order valence-electron chi connectivity index (χ4n) is 2.68. The fourth-order valence-corrected chi connectivity index (χ4v) is 2.68. The van der Waals surface area contributed by atoms with Crippen molar-refractivity contribution < 1.29 is 14.6 Å². The van der Waals surface area contributed by atoms with Crippen LogP contribution in [0, 0.1) is 5.92 Å². The molecule has 1 aromatic rings. The second-order valence-electron chi connectivity index (χ2n) is 6.02. The Morgan fingerprint density at radius 1 is 1.48 bits per heavy atom. The number of likely N-dealkylation sites (tertiary alicyclic amines) is 1. The summed E-state index contributed by atoms with van der Waals surface area (Å²) in [5.74, 6) is 1.66. The van der Waals surface area contributed by atoms with Crippen LogP contribution in [0.4, 0.5) is 0 Å². The van der Waals surface area contributed by atoms with Gasteiger partial charge in [0, 0.05) is 19.7 Å². The van der Waals surface area contributed by atoms with Gasteiger partial charge >= 0.3 is 0 Å². The van der Waals surface area contributed by atoms with Crippen LogP contribution in [0.2, 0.25) is 0 Å². The highest BCUT2D eigenvalue weighted by molar-refractivity contribution is 5.78. The number of rotatable bonds is 6. The predicted octanol–water partition coefficient (Wildman–Crippen LogP) is 2.42. The number of amides is 1. The molecular weight excluding hydrogens is 266 g/mol. The van der Waals surface area contributed by atoms with E-state index in [1.165, 1.54) is 5.56 Å². The molecule has 2 rings (SSSR count). The van der Waals surface area contributed by atoms with Crippen molar-refractivity contribution in [3.05, 3.63) is 29.8 Å². The predicted molar refractivity (Wildman–Crippen MR) is 82.4 cm³/mol. The van der Waals surface area contributed by atoms with Gasteiger partial charge in [-0.3, -0.25) is 4.79 Å². The van der Waals surface area contributed by atoms with Gasteiger partial charge in [0.15, 0.2) is 6.61 Å². The van der Waals surface area contributed by atoms with Gasteiger partial charge in [-0.15, -0.1) is 0 Å². The molecule has 0 radical (unpaired) electrons. The lowest BCUT2D eigenvalue weighted by Gasteiger charge is -2.17. The van der Waals surface area contributed by atoms with Crippen molar-refractivity contribution in [1.82, 2.24) is 4.90 Å². The third kappa shape index (κ3) is 4.46. The van der Waals surface area contributed by atoms with Crippen LogP contribution in [0.15, 0.2) is 24.3 Å². The number of carbonyl (C=O) groups is 1. The van der Waals surface area contributed by atoms with Crippen molar-refractivity contribution in [3.63, 3.8) is 0 Å². The Morgan fingerprint density at radius 2 is 2.29 bits per heavy atom. The number of aliphatic hydroxyl groups is 1. The standard InChI is InChI=1S/C17H25NO3/c1-13(2)15-4-3-5-16(10-15)21-12-17(20)18-8-6-14(11-18)7-9-19/h3-5,10,13-14,19H,6-9,11-12H2,1-2H3. The third-order valence-electron chi connectivity index (χ3n) is 4.06. The molecule has 1 aliphatic heterocycles. The molecule has 1 N–H and O–H groups in total. The Hall–Kier alpha value is -1.55. The van der Waals surface area contributed by atoms with Gasteiger partial charge in [0.2, 0.25) is 0 Å². The number of hydrogen-bond acceptors (Lipinski definition) is 3. The number of nitrogens with zero attached hydrogens (tertiary/aromatic N) is 1. The van der Waals surface area contributed by atoms with Crippen LogP contribution in [0.3, 0.4) is 0 Å². The highest BCUT2D eigenvalue weighted by Gasteiger charge is 2.25. The average Bonchev–Trinajstić information content (AvgIpc) is 2.94. The van der Waals surface area contributed by atoms with Crippen LogP contribution in [0.25, 0.3) is 0 Å². The molecule has 1 amide bonds. The number of benzene rings is 1. The lowest BCUT2D eigenvalue weighted by Crippen LogP contribution is -2.33. The largest absolute Gasteiger partial charge is 0.484 e. The quantitative estimate of drug-likeness (QED) is 0.875. The van der Waals surface area contributed by atoms with Gasteiger partial charge in [-0.1, -0.05) is 26.0 Å². The second kappa shape index (κ2) is 7.46. The first-order valence-corrected chi connectivity index (χ1v) is 7.71. The van der Waals surface area contributed by atoms with Gasteiger partial charge in [0.05, 0.1) is 0 Å². The fraction of sp³-hybridized carbons (Fsp3) is 0.588. The first-order chi connectivity index (χ1) is 10.1. The van der Waals surface area contributed by atoms with Crippen molar-refractivity contribution >= 4 is 5.91 Å². The van der Waals surface area contributed by atoms with Crippen LogP contribution in [0.1, 0.15) is 38.2 Å². The lowest BCUT2D eigenvalue weighted by atomic mass is 10.0. The molecule has 4 nitrogen and oxygen atoms in total. The molecule has 0 spiro atoms. The van der Waals surface area contributed by atoms with E-state index in [-0.39, 0.29) is 19.1 Å². The molecule has 1 aromatic carbocycles. The summed E-state index contributed by atoms with van der Waals surface area (Å²) in [6.45, 7) is 6.08. The molecule has 1 saturated heterocycles. The topological polar surface area (TPSA) is 49.8 Å². The maximum atomic E-state index is 12.1. The van der Waals surface area contributed by atoms with E-state index in [4.69, 9.17) is 9.84 Å². The van der Waals surface area contributed by atoms with E-state index in [9.17, 15) is 4.79 Å². The van der Waals surface area contributed by atoms with Crippen LogP contribution in [-0.2, 0) is 4.79 Å². The average molecular weight is 291 g/mol. The Morgan fingerprint density at radius 3 is 3.00 bits per heavy atom. The van der Waals surface area contributed by atoms with E-state index in [2.05, 4.69) is 19.9 Å².